The van der Waals surface area contributed by atoms with Gasteiger partial charge in [0.05, 0.1) is 12.7 Å². The Hall–Kier alpha value is -2.08. The van der Waals surface area contributed by atoms with Crippen LogP contribution in [0, 0.1) is 17.8 Å². The van der Waals surface area contributed by atoms with E-state index < -0.39 is 0 Å². The average Bonchev–Trinajstić information content (AvgIpc) is 2.81. The molecule has 0 radical (unpaired) electrons. The predicted molar refractivity (Wildman–Crippen MR) is 135 cm³/mol. The van der Waals surface area contributed by atoms with Crippen LogP contribution in [0.1, 0.15) is 54.4 Å². The van der Waals surface area contributed by atoms with E-state index in [0.29, 0.717) is 11.0 Å². The lowest BCUT2D eigenvalue weighted by Gasteiger charge is -2.57. The van der Waals surface area contributed by atoms with Gasteiger partial charge >= 0.3 is 5.97 Å². The van der Waals surface area contributed by atoms with Gasteiger partial charge in [-0.1, -0.05) is 24.3 Å². The van der Waals surface area contributed by atoms with Crippen LogP contribution in [0.3, 0.4) is 0 Å². The number of halogens is 1. The van der Waals surface area contributed by atoms with Gasteiger partial charge in [-0.15, -0.1) is 0 Å². The molecule has 4 fully saturated rings. The van der Waals surface area contributed by atoms with Gasteiger partial charge in [0, 0.05) is 5.56 Å². The highest BCUT2D eigenvalue weighted by atomic mass is 127. The van der Waals surface area contributed by atoms with E-state index in [2.05, 4.69) is 36.4 Å². The Morgan fingerprint density at radius 1 is 0.844 bits per heavy atom. The zero-order valence-electron chi connectivity index (χ0n) is 18.3. The molecule has 0 unspecified atom stereocenters. The minimum atomic E-state index is -0.313. The lowest BCUT2D eigenvalue weighted by molar-refractivity contribution is -0.00613. The van der Waals surface area contributed by atoms with Crippen molar-refractivity contribution in [1.29, 1.82) is 0 Å². The first-order valence-corrected chi connectivity index (χ1v) is 12.5. The van der Waals surface area contributed by atoms with Crippen LogP contribution in [0.2, 0.25) is 0 Å². The minimum Gasteiger partial charge on any atom is -0.496 e. The summed E-state index contributed by atoms with van der Waals surface area (Å²) in [7, 11) is 1.81. The fraction of sp³-hybridized carbons (Fsp3) is 0.393. The van der Waals surface area contributed by atoms with Crippen molar-refractivity contribution in [3.05, 3.63) is 65.7 Å². The first-order valence-electron chi connectivity index (χ1n) is 11.6. The molecule has 32 heavy (non-hydrogen) atoms. The maximum atomic E-state index is 11.9. The van der Waals surface area contributed by atoms with Crippen LogP contribution in [0.15, 0.2) is 54.6 Å². The molecule has 4 aliphatic rings. The molecule has 3 aromatic rings. The van der Waals surface area contributed by atoms with Crippen LogP contribution < -0.4 is 4.74 Å². The monoisotopic (exact) mass is 538 g/mol. The highest BCUT2D eigenvalue weighted by molar-refractivity contribution is 14.1. The van der Waals surface area contributed by atoms with Gasteiger partial charge in [0.1, 0.15) is 5.75 Å². The second kappa shape index (κ2) is 7.75. The molecule has 0 spiro atoms. The van der Waals surface area contributed by atoms with Crippen molar-refractivity contribution < 1.29 is 12.6 Å². The molecule has 0 aromatic heterocycles. The van der Waals surface area contributed by atoms with Crippen molar-refractivity contribution in [1.82, 2.24) is 0 Å². The topological polar surface area (TPSA) is 35.5 Å². The number of ether oxygens (including phenoxy) is 1. The number of carbonyl (C=O) groups is 1. The summed E-state index contributed by atoms with van der Waals surface area (Å²) in [6.45, 7) is 0. The van der Waals surface area contributed by atoms with Gasteiger partial charge in [-0.25, -0.2) is 4.79 Å². The molecular weight excluding hydrogens is 511 g/mol. The summed E-state index contributed by atoms with van der Waals surface area (Å²) in [5, 5.41) is 2.17. The van der Waals surface area contributed by atoms with Gasteiger partial charge in [-0.05, 0) is 114 Å². The first-order chi connectivity index (χ1) is 15.6. The van der Waals surface area contributed by atoms with Crippen molar-refractivity contribution in [3.63, 3.8) is 0 Å². The number of hydrogen-bond donors (Lipinski definition) is 0. The molecule has 4 bridgehead atoms. The van der Waals surface area contributed by atoms with Crippen LogP contribution in [-0.2, 0) is 8.48 Å². The number of benzene rings is 3. The summed E-state index contributed by atoms with van der Waals surface area (Å²) in [5.41, 5.74) is 4.75. The van der Waals surface area contributed by atoms with Crippen molar-refractivity contribution in [3.8, 4) is 16.9 Å². The molecule has 4 saturated carbocycles. The lowest BCUT2D eigenvalue weighted by atomic mass is 9.48. The second-order valence-corrected chi connectivity index (χ2v) is 10.7. The van der Waals surface area contributed by atoms with Gasteiger partial charge in [0.25, 0.3) is 0 Å². The van der Waals surface area contributed by atoms with E-state index in [0.717, 1.165) is 34.3 Å². The molecule has 0 N–H and O–H groups in total. The molecule has 0 aliphatic heterocycles. The standard InChI is InChI=1S/C28H27IO3/c1-31-26-7-6-23(13-25(26)28-14-17-8-18(15-28)10-19(9-17)16-28)21-2-3-22-12-24(27(30)32-29)5-4-20(22)11-21/h2-7,11-13,17-19H,8-10,14-16H2,1H3. The van der Waals surface area contributed by atoms with Crippen molar-refractivity contribution in [2.75, 3.05) is 7.11 Å². The highest BCUT2D eigenvalue weighted by Gasteiger charge is 2.52. The van der Waals surface area contributed by atoms with E-state index in [-0.39, 0.29) is 5.97 Å². The molecule has 164 valence electrons. The van der Waals surface area contributed by atoms with Crippen molar-refractivity contribution >= 4 is 39.7 Å². The molecule has 0 amide bonds. The Morgan fingerprint density at radius 3 is 2.09 bits per heavy atom. The Labute approximate surface area is 203 Å². The number of hydrogen-bond acceptors (Lipinski definition) is 3. The summed E-state index contributed by atoms with van der Waals surface area (Å²) in [4.78, 5) is 11.9. The van der Waals surface area contributed by atoms with E-state index in [1.165, 1.54) is 55.2 Å². The van der Waals surface area contributed by atoms with Crippen LogP contribution in [-0.4, -0.2) is 13.1 Å². The summed E-state index contributed by atoms with van der Waals surface area (Å²) >= 11 is 1.63. The Balaban J connectivity index is 1.41. The number of rotatable bonds is 4. The Morgan fingerprint density at radius 2 is 1.44 bits per heavy atom. The van der Waals surface area contributed by atoms with Gasteiger partial charge in [-0.2, -0.15) is 0 Å². The largest absolute Gasteiger partial charge is 0.496 e. The summed E-state index contributed by atoms with van der Waals surface area (Å²) in [5.74, 6) is 3.45. The number of carbonyl (C=O) groups excluding carboxylic acids is 1. The Bertz CT molecular complexity index is 1180. The van der Waals surface area contributed by atoms with Gasteiger partial charge in [0.15, 0.2) is 23.0 Å². The van der Waals surface area contributed by atoms with Gasteiger partial charge in [-0.3, -0.25) is 0 Å². The summed E-state index contributed by atoms with van der Waals surface area (Å²) < 4.78 is 10.7. The van der Waals surface area contributed by atoms with Gasteiger partial charge < -0.3 is 7.80 Å². The minimum absolute atomic E-state index is 0.293. The maximum absolute atomic E-state index is 11.9. The molecule has 3 aromatic carbocycles. The first kappa shape index (κ1) is 20.5. The third-order valence-electron chi connectivity index (χ3n) is 8.29. The molecule has 4 heteroatoms. The number of methoxy groups -OCH3 is 1. The normalized spacial score (nSPS) is 28.1. The Kier molecular flexibility index (Phi) is 4.97. The number of fused-ring (bicyclic) bond motifs is 1. The summed E-state index contributed by atoms with van der Waals surface area (Å²) in [6.07, 6.45) is 8.31. The third kappa shape index (κ3) is 3.33. The SMILES string of the molecule is COc1ccc(-c2ccc3cc(C(=O)OI)ccc3c2)cc1C12CC3CC(CC(C3)C1)C2. The summed E-state index contributed by atoms with van der Waals surface area (Å²) in [6, 6.07) is 19.0. The van der Waals surface area contributed by atoms with Crippen molar-refractivity contribution in [2.24, 2.45) is 17.8 Å². The average molecular weight is 538 g/mol. The fourth-order valence-corrected chi connectivity index (χ4v) is 7.59. The molecule has 3 nitrogen and oxygen atoms in total. The fourth-order valence-electron chi connectivity index (χ4n) is 7.34. The molecule has 0 heterocycles. The van der Waals surface area contributed by atoms with E-state index in [9.17, 15) is 4.79 Å². The van der Waals surface area contributed by atoms with E-state index in [4.69, 9.17) is 7.80 Å². The molecule has 4 aliphatic carbocycles. The van der Waals surface area contributed by atoms with Crippen LogP contribution >= 0.6 is 23.0 Å². The lowest BCUT2D eigenvalue weighted by Crippen LogP contribution is -2.48. The zero-order valence-corrected chi connectivity index (χ0v) is 20.4. The van der Waals surface area contributed by atoms with E-state index >= 15 is 0 Å². The third-order valence-corrected chi connectivity index (χ3v) is 8.69. The molecule has 0 atom stereocenters. The smallest absolute Gasteiger partial charge is 0.347 e. The predicted octanol–water partition coefficient (Wildman–Crippen LogP) is 7.49. The van der Waals surface area contributed by atoms with E-state index in [1.54, 1.807) is 23.0 Å². The molecule has 7 rings (SSSR count). The van der Waals surface area contributed by atoms with Crippen LogP contribution in [0.4, 0.5) is 0 Å². The van der Waals surface area contributed by atoms with Crippen LogP contribution in [0.5, 0.6) is 5.75 Å². The zero-order chi connectivity index (χ0) is 21.9. The van der Waals surface area contributed by atoms with Crippen LogP contribution in [0.25, 0.3) is 21.9 Å². The molecule has 0 saturated heterocycles. The van der Waals surface area contributed by atoms with Gasteiger partial charge in [0.2, 0.25) is 0 Å². The highest BCUT2D eigenvalue weighted by Crippen LogP contribution is 2.62. The molecular formula is C28H27IO3. The maximum Gasteiger partial charge on any atom is 0.347 e. The van der Waals surface area contributed by atoms with Crippen molar-refractivity contribution in [2.45, 2.75) is 43.9 Å². The quantitative estimate of drug-likeness (QED) is 0.323. The second-order valence-electron chi connectivity index (χ2n) is 10.3. The van der Waals surface area contributed by atoms with E-state index in [1.807, 2.05) is 25.3 Å².